The molecule has 7 nitrogen and oxygen atoms in total. The van der Waals surface area contributed by atoms with Crippen molar-refractivity contribution < 1.29 is 5.11 Å². The zero-order chi connectivity index (χ0) is 13.9. The fraction of sp³-hybridized carbons (Fsp3) is 0.615. The first-order valence-corrected chi connectivity index (χ1v) is 7.05. The van der Waals surface area contributed by atoms with Crippen molar-refractivity contribution in [3.8, 4) is 0 Å². The number of hydrogen-bond acceptors (Lipinski definition) is 5. The first-order chi connectivity index (χ1) is 9.76. The van der Waals surface area contributed by atoms with Gasteiger partial charge in [-0.3, -0.25) is 9.58 Å². The van der Waals surface area contributed by atoms with Crippen molar-refractivity contribution in [1.82, 2.24) is 29.4 Å². The van der Waals surface area contributed by atoms with Gasteiger partial charge in [0.25, 0.3) is 0 Å². The van der Waals surface area contributed by atoms with Crippen molar-refractivity contribution >= 4 is 0 Å². The Morgan fingerprint density at radius 2 is 2.20 bits per heavy atom. The zero-order valence-corrected chi connectivity index (χ0v) is 11.7. The zero-order valence-electron chi connectivity index (χ0n) is 11.7. The summed E-state index contributed by atoms with van der Waals surface area (Å²) < 4.78 is 3.95. The van der Waals surface area contributed by atoms with E-state index in [1.165, 1.54) is 0 Å². The molecule has 0 unspecified atom stereocenters. The van der Waals surface area contributed by atoms with Crippen LogP contribution in [0, 0.1) is 0 Å². The van der Waals surface area contributed by atoms with E-state index in [9.17, 15) is 5.11 Å². The summed E-state index contributed by atoms with van der Waals surface area (Å²) in [6.45, 7) is 5.83. The van der Waals surface area contributed by atoms with Gasteiger partial charge in [0.05, 0.1) is 19.2 Å². The van der Waals surface area contributed by atoms with Crippen LogP contribution in [0.4, 0.5) is 0 Å². The number of rotatable bonds is 5. The Morgan fingerprint density at radius 1 is 1.30 bits per heavy atom. The van der Waals surface area contributed by atoms with Crippen LogP contribution in [0.15, 0.2) is 18.5 Å². The normalized spacial score (nSPS) is 17.1. The van der Waals surface area contributed by atoms with E-state index in [0.717, 1.165) is 37.7 Å². The Hall–Kier alpha value is -1.73. The molecule has 0 aromatic carbocycles. The Kier molecular flexibility index (Phi) is 3.79. The quantitative estimate of drug-likeness (QED) is 0.826. The number of β-amino-alcohol motifs (C(OH)–C–C–N with tert-alkyl or cyclic N) is 1. The van der Waals surface area contributed by atoms with Gasteiger partial charge < -0.3 is 9.67 Å². The number of nitrogens with zero attached hydrogens (tertiary/aromatic N) is 6. The molecule has 3 heterocycles. The molecule has 2 aromatic heterocycles. The molecule has 0 amide bonds. The summed E-state index contributed by atoms with van der Waals surface area (Å²) in [6.07, 6.45) is 4.08. The fourth-order valence-corrected chi connectivity index (χ4v) is 2.67. The molecule has 20 heavy (non-hydrogen) atoms. The van der Waals surface area contributed by atoms with Crippen LogP contribution in [0.2, 0.25) is 0 Å². The number of fused-ring (bicyclic) bond motifs is 1. The van der Waals surface area contributed by atoms with Gasteiger partial charge in [-0.15, -0.1) is 10.2 Å². The SMILES string of the molecule is CCc1nnc2n1CCN(C[C@H](O)Cn1cccn1)C2. The molecule has 0 saturated carbocycles. The molecule has 0 bridgehead atoms. The van der Waals surface area contributed by atoms with Gasteiger partial charge in [-0.05, 0) is 6.07 Å². The second kappa shape index (κ2) is 5.72. The van der Waals surface area contributed by atoms with E-state index < -0.39 is 6.10 Å². The van der Waals surface area contributed by atoms with Crippen LogP contribution in [0.1, 0.15) is 18.6 Å². The molecule has 0 aliphatic carbocycles. The number of aliphatic hydroxyl groups is 1. The van der Waals surface area contributed by atoms with Crippen LogP contribution in [-0.4, -0.2) is 53.7 Å². The second-order valence-electron chi connectivity index (χ2n) is 5.15. The third-order valence-electron chi connectivity index (χ3n) is 3.65. The van der Waals surface area contributed by atoms with Crippen LogP contribution in [-0.2, 0) is 26.1 Å². The third kappa shape index (κ3) is 2.73. The minimum absolute atomic E-state index is 0.421. The van der Waals surface area contributed by atoms with Gasteiger partial charge >= 0.3 is 0 Å². The summed E-state index contributed by atoms with van der Waals surface area (Å²) in [5.74, 6) is 2.05. The maximum absolute atomic E-state index is 10.1. The number of hydrogen-bond donors (Lipinski definition) is 1. The molecular formula is C13H20N6O. The monoisotopic (exact) mass is 276 g/mol. The van der Waals surface area contributed by atoms with Crippen molar-refractivity contribution in [3.05, 3.63) is 30.1 Å². The molecule has 1 atom stereocenters. The smallest absolute Gasteiger partial charge is 0.147 e. The van der Waals surface area contributed by atoms with Crippen molar-refractivity contribution in [2.75, 3.05) is 13.1 Å². The van der Waals surface area contributed by atoms with E-state index in [4.69, 9.17) is 0 Å². The van der Waals surface area contributed by atoms with Crippen molar-refractivity contribution in [2.24, 2.45) is 0 Å². The lowest BCUT2D eigenvalue weighted by Gasteiger charge is -2.29. The highest BCUT2D eigenvalue weighted by Gasteiger charge is 2.22. The fourth-order valence-electron chi connectivity index (χ4n) is 2.67. The standard InChI is InChI=1S/C13H20N6O/c1-2-12-15-16-13-10-17(6-7-19(12)13)8-11(20)9-18-5-3-4-14-18/h3-5,11,20H,2,6-10H2,1H3/t11-/m0/s1. The van der Waals surface area contributed by atoms with E-state index >= 15 is 0 Å². The van der Waals surface area contributed by atoms with Crippen molar-refractivity contribution in [1.29, 1.82) is 0 Å². The molecule has 1 aliphatic heterocycles. The molecule has 1 aliphatic rings. The lowest BCUT2D eigenvalue weighted by Crippen LogP contribution is -2.40. The van der Waals surface area contributed by atoms with Gasteiger partial charge in [0, 0.05) is 38.4 Å². The minimum Gasteiger partial charge on any atom is -0.390 e. The predicted molar refractivity (Wildman–Crippen MR) is 72.9 cm³/mol. The highest BCUT2D eigenvalue weighted by atomic mass is 16.3. The van der Waals surface area contributed by atoms with E-state index in [1.54, 1.807) is 10.9 Å². The number of aryl methyl sites for hydroxylation is 1. The van der Waals surface area contributed by atoms with Gasteiger partial charge in [0.15, 0.2) is 0 Å². The van der Waals surface area contributed by atoms with E-state index in [2.05, 4.69) is 31.7 Å². The molecule has 0 fully saturated rings. The van der Waals surface area contributed by atoms with Gasteiger partial charge in [-0.2, -0.15) is 5.10 Å². The molecule has 2 aromatic rings. The van der Waals surface area contributed by atoms with Gasteiger partial charge in [0.2, 0.25) is 0 Å². The van der Waals surface area contributed by atoms with E-state index in [0.29, 0.717) is 13.1 Å². The van der Waals surface area contributed by atoms with Crippen LogP contribution < -0.4 is 0 Å². The lowest BCUT2D eigenvalue weighted by atomic mass is 10.2. The average Bonchev–Trinajstić information content (AvgIpc) is 3.07. The predicted octanol–water partition coefficient (Wildman–Crippen LogP) is -0.0863. The van der Waals surface area contributed by atoms with Crippen LogP contribution in [0.25, 0.3) is 0 Å². The van der Waals surface area contributed by atoms with Crippen molar-refractivity contribution in [2.45, 2.75) is 39.1 Å². The molecule has 0 spiro atoms. The molecule has 7 heteroatoms. The Morgan fingerprint density at radius 3 is 2.95 bits per heavy atom. The van der Waals surface area contributed by atoms with Crippen LogP contribution in [0.5, 0.6) is 0 Å². The van der Waals surface area contributed by atoms with Crippen molar-refractivity contribution in [3.63, 3.8) is 0 Å². The lowest BCUT2D eigenvalue weighted by molar-refractivity contribution is 0.0809. The molecule has 1 N–H and O–H groups in total. The Balaban J connectivity index is 1.57. The van der Waals surface area contributed by atoms with Gasteiger partial charge in [-0.25, -0.2) is 0 Å². The second-order valence-corrected chi connectivity index (χ2v) is 5.15. The van der Waals surface area contributed by atoms with Gasteiger partial charge in [-0.1, -0.05) is 6.92 Å². The minimum atomic E-state index is -0.421. The van der Waals surface area contributed by atoms with E-state index in [1.807, 2.05) is 12.3 Å². The molecule has 0 saturated heterocycles. The van der Waals surface area contributed by atoms with Crippen LogP contribution in [0.3, 0.4) is 0 Å². The topological polar surface area (TPSA) is 72.0 Å². The van der Waals surface area contributed by atoms with E-state index in [-0.39, 0.29) is 0 Å². The highest BCUT2D eigenvalue weighted by molar-refractivity contribution is 4.99. The Bertz CT molecular complexity index is 549. The number of aromatic nitrogens is 5. The first kappa shape index (κ1) is 13.3. The Labute approximate surface area is 117 Å². The highest BCUT2D eigenvalue weighted by Crippen LogP contribution is 2.13. The third-order valence-corrected chi connectivity index (χ3v) is 3.65. The molecule has 3 rings (SSSR count). The summed E-state index contributed by atoms with van der Waals surface area (Å²) >= 11 is 0. The molecule has 108 valence electrons. The largest absolute Gasteiger partial charge is 0.390 e. The summed E-state index contributed by atoms with van der Waals surface area (Å²) in [5, 5.41) is 22.7. The van der Waals surface area contributed by atoms with Gasteiger partial charge in [0.1, 0.15) is 11.6 Å². The molecular weight excluding hydrogens is 256 g/mol. The summed E-state index contributed by atoms with van der Waals surface area (Å²) in [5.41, 5.74) is 0. The summed E-state index contributed by atoms with van der Waals surface area (Å²) in [7, 11) is 0. The average molecular weight is 276 g/mol. The maximum atomic E-state index is 10.1. The number of aliphatic hydroxyl groups excluding tert-OH is 1. The maximum Gasteiger partial charge on any atom is 0.147 e. The molecule has 0 radical (unpaired) electrons. The van der Waals surface area contributed by atoms with Crippen LogP contribution >= 0.6 is 0 Å². The summed E-state index contributed by atoms with van der Waals surface area (Å²) in [6, 6.07) is 1.86. The summed E-state index contributed by atoms with van der Waals surface area (Å²) in [4.78, 5) is 2.22. The first-order valence-electron chi connectivity index (χ1n) is 7.05.